The van der Waals surface area contributed by atoms with Gasteiger partial charge in [0.1, 0.15) is 0 Å². The van der Waals surface area contributed by atoms with Gasteiger partial charge in [0.05, 0.1) is 26.5 Å². The first-order valence-electron chi connectivity index (χ1n) is 9.47. The van der Waals surface area contributed by atoms with E-state index in [1.54, 1.807) is 14.2 Å². The van der Waals surface area contributed by atoms with Crippen molar-refractivity contribution in [3.63, 3.8) is 0 Å². The number of rotatable bonds is 5. The average molecular weight is 386 g/mol. The van der Waals surface area contributed by atoms with E-state index in [1.165, 1.54) is 5.01 Å². The van der Waals surface area contributed by atoms with Gasteiger partial charge in [-0.3, -0.25) is 4.79 Å². The number of hydrazone groups is 1. The zero-order valence-corrected chi connectivity index (χ0v) is 16.5. The molecule has 3 aromatic carbocycles. The van der Waals surface area contributed by atoms with Crippen LogP contribution >= 0.6 is 0 Å². The largest absolute Gasteiger partial charge is 0.493 e. The molecule has 1 aliphatic rings. The molecule has 3 aromatic rings. The number of carbonyl (C=O) groups excluding carboxylic acids is 1. The number of hydrogen-bond acceptors (Lipinski definition) is 4. The summed E-state index contributed by atoms with van der Waals surface area (Å²) in [6.45, 7) is 0.554. The Hall–Kier alpha value is -3.60. The van der Waals surface area contributed by atoms with Gasteiger partial charge in [0.25, 0.3) is 5.91 Å². The van der Waals surface area contributed by atoms with Crippen LogP contribution in [0.1, 0.15) is 22.3 Å². The molecule has 0 radical (unpaired) electrons. The predicted molar refractivity (Wildman–Crippen MR) is 114 cm³/mol. The molecule has 1 heterocycles. The summed E-state index contributed by atoms with van der Waals surface area (Å²) in [5.74, 6) is 1.21. The highest BCUT2D eigenvalue weighted by atomic mass is 16.5. The summed E-state index contributed by atoms with van der Waals surface area (Å²) in [5, 5.41) is 6.11. The number of methoxy groups -OCH3 is 2. The third kappa shape index (κ3) is 3.85. The molecule has 0 bridgehead atoms. The molecule has 5 heteroatoms. The molecule has 1 aliphatic heterocycles. The summed E-state index contributed by atoms with van der Waals surface area (Å²) < 4.78 is 10.7. The fourth-order valence-electron chi connectivity index (χ4n) is 3.43. The zero-order valence-electron chi connectivity index (χ0n) is 16.5. The highest BCUT2D eigenvalue weighted by Gasteiger charge is 2.23. The first-order valence-corrected chi connectivity index (χ1v) is 9.47. The lowest BCUT2D eigenvalue weighted by Gasteiger charge is -2.12. The Balaban J connectivity index is 1.57. The second-order valence-corrected chi connectivity index (χ2v) is 6.74. The minimum atomic E-state index is -0.0988. The summed E-state index contributed by atoms with van der Waals surface area (Å²) in [6.07, 6.45) is 0.694. The molecule has 0 atom stereocenters. The Bertz CT molecular complexity index is 1060. The minimum Gasteiger partial charge on any atom is -0.493 e. The summed E-state index contributed by atoms with van der Waals surface area (Å²) in [5.41, 5.74) is 4.51. The van der Waals surface area contributed by atoms with E-state index in [4.69, 9.17) is 9.47 Å². The predicted octanol–water partition coefficient (Wildman–Crippen LogP) is 4.62. The highest BCUT2D eigenvalue weighted by molar-refractivity contribution is 6.05. The Morgan fingerprint density at radius 3 is 2.34 bits per heavy atom. The van der Waals surface area contributed by atoms with Crippen LogP contribution in [0, 0.1) is 0 Å². The number of amides is 1. The molecule has 1 amide bonds. The molecule has 0 N–H and O–H groups in total. The van der Waals surface area contributed by atoms with Gasteiger partial charge in [0.15, 0.2) is 11.5 Å². The Morgan fingerprint density at radius 2 is 1.59 bits per heavy atom. The first-order chi connectivity index (χ1) is 14.2. The van der Waals surface area contributed by atoms with Crippen LogP contribution in [-0.4, -0.2) is 37.4 Å². The van der Waals surface area contributed by atoms with Crippen LogP contribution in [0.3, 0.4) is 0 Å². The smallest absolute Gasteiger partial charge is 0.273 e. The van der Waals surface area contributed by atoms with E-state index in [2.05, 4.69) is 5.10 Å². The highest BCUT2D eigenvalue weighted by Crippen LogP contribution is 2.29. The molecule has 0 spiro atoms. The van der Waals surface area contributed by atoms with Gasteiger partial charge >= 0.3 is 0 Å². The van der Waals surface area contributed by atoms with Gasteiger partial charge in [-0.1, -0.05) is 42.5 Å². The maximum Gasteiger partial charge on any atom is 0.273 e. The van der Waals surface area contributed by atoms with E-state index < -0.39 is 0 Å². The summed E-state index contributed by atoms with van der Waals surface area (Å²) in [6, 6.07) is 23.4. The Morgan fingerprint density at radius 1 is 0.828 bits per heavy atom. The van der Waals surface area contributed by atoms with Gasteiger partial charge in [-0.25, -0.2) is 5.01 Å². The molecule has 0 unspecified atom stereocenters. The SMILES string of the molecule is COc1ccc(C2=NN(C(=O)c3cccc(-c4ccccc4)c3)CC2)cc1OC. The molecule has 0 aromatic heterocycles. The van der Waals surface area contributed by atoms with Gasteiger partial charge in [0, 0.05) is 17.5 Å². The van der Waals surface area contributed by atoms with Crippen molar-refractivity contribution in [2.45, 2.75) is 6.42 Å². The lowest BCUT2D eigenvalue weighted by molar-refractivity contribution is 0.0778. The first kappa shape index (κ1) is 18.7. The molecule has 0 saturated carbocycles. The van der Waals surface area contributed by atoms with Gasteiger partial charge in [0.2, 0.25) is 0 Å². The summed E-state index contributed by atoms with van der Waals surface area (Å²) >= 11 is 0. The van der Waals surface area contributed by atoms with Crippen molar-refractivity contribution < 1.29 is 14.3 Å². The second-order valence-electron chi connectivity index (χ2n) is 6.74. The molecule has 146 valence electrons. The van der Waals surface area contributed by atoms with Crippen molar-refractivity contribution in [2.24, 2.45) is 5.10 Å². The van der Waals surface area contributed by atoms with Crippen molar-refractivity contribution in [1.82, 2.24) is 5.01 Å². The van der Waals surface area contributed by atoms with Gasteiger partial charge in [-0.15, -0.1) is 0 Å². The number of carbonyl (C=O) groups is 1. The van der Waals surface area contributed by atoms with Crippen molar-refractivity contribution >= 4 is 11.6 Å². The number of hydrogen-bond donors (Lipinski definition) is 0. The van der Waals surface area contributed by atoms with E-state index in [1.807, 2.05) is 72.8 Å². The van der Waals surface area contributed by atoms with Crippen LogP contribution in [0.2, 0.25) is 0 Å². The molecule has 0 fully saturated rings. The van der Waals surface area contributed by atoms with Crippen LogP contribution in [0.25, 0.3) is 11.1 Å². The fraction of sp³-hybridized carbons (Fsp3) is 0.167. The topological polar surface area (TPSA) is 51.1 Å². The van der Waals surface area contributed by atoms with E-state index in [9.17, 15) is 4.79 Å². The molecule has 0 aliphatic carbocycles. The maximum absolute atomic E-state index is 13.0. The van der Waals surface area contributed by atoms with Crippen LogP contribution in [0.4, 0.5) is 0 Å². The van der Waals surface area contributed by atoms with Crippen LogP contribution in [0.5, 0.6) is 11.5 Å². The van der Waals surface area contributed by atoms with E-state index in [0.717, 1.165) is 22.4 Å². The fourth-order valence-corrected chi connectivity index (χ4v) is 3.43. The Labute approximate surface area is 170 Å². The normalized spacial score (nSPS) is 13.2. The lowest BCUT2D eigenvalue weighted by Crippen LogP contribution is -2.23. The summed E-state index contributed by atoms with van der Waals surface area (Å²) in [4.78, 5) is 13.0. The van der Waals surface area contributed by atoms with Crippen LogP contribution < -0.4 is 9.47 Å². The lowest BCUT2D eigenvalue weighted by atomic mass is 10.0. The summed E-state index contributed by atoms with van der Waals surface area (Å²) in [7, 11) is 3.21. The van der Waals surface area contributed by atoms with Crippen molar-refractivity contribution in [2.75, 3.05) is 20.8 Å². The van der Waals surface area contributed by atoms with Crippen molar-refractivity contribution in [3.05, 3.63) is 83.9 Å². The third-order valence-corrected chi connectivity index (χ3v) is 4.97. The van der Waals surface area contributed by atoms with Crippen LogP contribution in [0.15, 0.2) is 77.9 Å². The van der Waals surface area contributed by atoms with E-state index in [0.29, 0.717) is 30.0 Å². The minimum absolute atomic E-state index is 0.0988. The number of nitrogens with zero attached hydrogens (tertiary/aromatic N) is 2. The molecule has 5 nitrogen and oxygen atoms in total. The zero-order chi connectivity index (χ0) is 20.2. The molecule has 0 saturated heterocycles. The second kappa shape index (κ2) is 8.19. The average Bonchev–Trinajstić information content (AvgIpc) is 3.29. The van der Waals surface area contributed by atoms with Gasteiger partial charge < -0.3 is 9.47 Å². The molecular formula is C24H22N2O3. The number of benzene rings is 3. The number of ether oxygens (including phenoxy) is 2. The van der Waals surface area contributed by atoms with Crippen molar-refractivity contribution in [1.29, 1.82) is 0 Å². The molecular weight excluding hydrogens is 364 g/mol. The van der Waals surface area contributed by atoms with Crippen LogP contribution in [-0.2, 0) is 0 Å². The maximum atomic E-state index is 13.0. The van der Waals surface area contributed by atoms with E-state index >= 15 is 0 Å². The quantitative estimate of drug-likeness (QED) is 0.643. The monoisotopic (exact) mass is 386 g/mol. The molecule has 29 heavy (non-hydrogen) atoms. The third-order valence-electron chi connectivity index (χ3n) is 4.97. The van der Waals surface area contributed by atoms with Gasteiger partial charge in [-0.2, -0.15) is 5.10 Å². The standard InChI is InChI=1S/C24H22N2O3/c1-28-22-12-11-19(16-23(22)29-2)21-13-14-26(25-21)24(27)20-10-6-9-18(15-20)17-7-4-3-5-8-17/h3-12,15-16H,13-14H2,1-2H3. The molecule has 4 rings (SSSR count). The van der Waals surface area contributed by atoms with Crippen molar-refractivity contribution in [3.8, 4) is 22.6 Å². The van der Waals surface area contributed by atoms with E-state index in [-0.39, 0.29) is 5.91 Å². The van der Waals surface area contributed by atoms with Gasteiger partial charge in [-0.05, 0) is 41.5 Å². The Kier molecular flexibility index (Phi) is 5.29.